The minimum absolute atomic E-state index is 0.126. The highest BCUT2D eigenvalue weighted by Gasteiger charge is 2.38. The number of aromatic carboxylic acids is 1. The first kappa shape index (κ1) is 21.4. The summed E-state index contributed by atoms with van der Waals surface area (Å²) in [6.45, 7) is 8.31. The maximum atomic E-state index is 12.7. The van der Waals surface area contributed by atoms with E-state index in [1.54, 1.807) is 6.07 Å². The Hall–Kier alpha value is -3.42. The zero-order valence-electron chi connectivity index (χ0n) is 18.7. The van der Waals surface area contributed by atoms with Gasteiger partial charge in [-0.25, -0.2) is 4.79 Å². The second-order valence-corrected chi connectivity index (χ2v) is 9.01. The van der Waals surface area contributed by atoms with Crippen molar-refractivity contribution in [1.82, 2.24) is 4.90 Å². The number of hydrogen-bond donors (Lipinski definition) is 2. The Morgan fingerprint density at radius 3 is 2.55 bits per heavy atom. The third-order valence-electron chi connectivity index (χ3n) is 6.32. The van der Waals surface area contributed by atoms with Gasteiger partial charge in [-0.2, -0.15) is 0 Å². The monoisotopic (exact) mass is 446 g/mol. The van der Waals surface area contributed by atoms with Crippen LogP contribution < -0.4 is 5.32 Å². The van der Waals surface area contributed by atoms with E-state index in [0.717, 1.165) is 44.0 Å². The number of ether oxygens (including phenoxy) is 2. The van der Waals surface area contributed by atoms with Gasteiger partial charge in [-0.15, -0.1) is 0 Å². The Bertz CT molecular complexity index is 1190. The number of nitrogens with one attached hydrogen (secondary N) is 1. The topological polar surface area (TPSA) is 88.1 Å². The highest BCUT2D eigenvalue weighted by Crippen LogP contribution is 2.44. The summed E-state index contributed by atoms with van der Waals surface area (Å²) < 4.78 is 11.7. The van der Waals surface area contributed by atoms with Crippen molar-refractivity contribution in [1.29, 1.82) is 0 Å². The standard InChI is InChI=1S/C26H26N2O5/c1-26(2)20(17-5-3-16(4-6-17)15-28-9-11-32-12-10-28)14-22(33-26)23-19-8-7-18(25(30)31)13-21(19)27-24(23)29/h3-8,13-14H,9-12,15H2,1-2H3,(H,27,29)(H,30,31). The fourth-order valence-corrected chi connectivity index (χ4v) is 4.58. The number of carbonyl (C=O) groups is 2. The number of amides is 1. The number of carboxylic acid groups (broad SMARTS) is 1. The summed E-state index contributed by atoms with van der Waals surface area (Å²) in [6, 6.07) is 13.1. The molecule has 0 aliphatic carbocycles. The molecule has 5 rings (SSSR count). The van der Waals surface area contributed by atoms with E-state index >= 15 is 0 Å². The lowest BCUT2D eigenvalue weighted by Crippen LogP contribution is -2.35. The van der Waals surface area contributed by atoms with Crippen molar-refractivity contribution >= 4 is 28.7 Å². The Balaban J connectivity index is 1.45. The molecule has 1 amide bonds. The molecule has 2 aromatic carbocycles. The average molecular weight is 447 g/mol. The van der Waals surface area contributed by atoms with Crippen LogP contribution in [0.5, 0.6) is 0 Å². The predicted molar refractivity (Wildman–Crippen MR) is 125 cm³/mol. The molecule has 1 fully saturated rings. The van der Waals surface area contributed by atoms with Crippen LogP contribution in [0.25, 0.3) is 11.1 Å². The first-order valence-electron chi connectivity index (χ1n) is 11.1. The molecule has 170 valence electrons. The normalized spacial score (nSPS) is 21.9. The Morgan fingerprint density at radius 2 is 1.85 bits per heavy atom. The van der Waals surface area contributed by atoms with Crippen molar-refractivity contribution in [3.05, 3.63) is 76.6 Å². The van der Waals surface area contributed by atoms with Crippen molar-refractivity contribution in [3.8, 4) is 0 Å². The van der Waals surface area contributed by atoms with Crippen LogP contribution in [0.4, 0.5) is 5.69 Å². The molecule has 0 radical (unpaired) electrons. The van der Waals surface area contributed by atoms with Gasteiger partial charge < -0.3 is 19.9 Å². The molecule has 33 heavy (non-hydrogen) atoms. The molecule has 0 bridgehead atoms. The third-order valence-corrected chi connectivity index (χ3v) is 6.32. The number of allylic oxidation sites excluding steroid dienone is 1. The molecule has 2 N–H and O–H groups in total. The number of fused-ring (bicyclic) bond motifs is 1. The van der Waals surface area contributed by atoms with E-state index in [0.29, 0.717) is 22.6 Å². The summed E-state index contributed by atoms with van der Waals surface area (Å²) in [6.07, 6.45) is 1.92. The lowest BCUT2D eigenvalue weighted by atomic mass is 9.91. The molecule has 0 saturated carbocycles. The van der Waals surface area contributed by atoms with E-state index in [1.165, 1.54) is 17.7 Å². The highest BCUT2D eigenvalue weighted by molar-refractivity contribution is 6.32. The van der Waals surface area contributed by atoms with Gasteiger partial charge in [0.15, 0.2) is 0 Å². The fraction of sp³-hybridized carbons (Fsp3) is 0.308. The van der Waals surface area contributed by atoms with Crippen LogP contribution >= 0.6 is 0 Å². The highest BCUT2D eigenvalue weighted by atomic mass is 16.5. The Kier molecular flexibility index (Phi) is 5.31. The fourth-order valence-electron chi connectivity index (χ4n) is 4.58. The zero-order chi connectivity index (χ0) is 23.2. The number of rotatable bonds is 4. The van der Waals surface area contributed by atoms with Gasteiger partial charge in [0.25, 0.3) is 5.91 Å². The van der Waals surface area contributed by atoms with Gasteiger partial charge in [0.1, 0.15) is 11.4 Å². The molecule has 7 heteroatoms. The lowest BCUT2D eigenvalue weighted by molar-refractivity contribution is -0.111. The number of carbonyl (C=O) groups excluding carboxylic acids is 1. The molecule has 1 saturated heterocycles. The van der Waals surface area contributed by atoms with Gasteiger partial charge in [-0.1, -0.05) is 30.3 Å². The predicted octanol–water partition coefficient (Wildman–Crippen LogP) is 3.77. The molecule has 2 aromatic rings. The van der Waals surface area contributed by atoms with Crippen molar-refractivity contribution in [3.63, 3.8) is 0 Å². The largest absolute Gasteiger partial charge is 0.482 e. The molecule has 0 aromatic heterocycles. The minimum atomic E-state index is -1.04. The van der Waals surface area contributed by atoms with Gasteiger partial charge in [0, 0.05) is 30.8 Å². The summed E-state index contributed by atoms with van der Waals surface area (Å²) in [5.41, 5.74) is 4.35. The van der Waals surface area contributed by atoms with Crippen molar-refractivity contribution in [2.24, 2.45) is 0 Å². The smallest absolute Gasteiger partial charge is 0.335 e. The van der Waals surface area contributed by atoms with E-state index in [2.05, 4.69) is 34.5 Å². The lowest BCUT2D eigenvalue weighted by Gasteiger charge is -2.27. The van der Waals surface area contributed by atoms with Gasteiger partial charge >= 0.3 is 5.97 Å². The second-order valence-electron chi connectivity index (χ2n) is 9.01. The number of benzene rings is 2. The number of nitrogens with zero attached hydrogens (tertiary/aromatic N) is 1. The molecule has 3 aliphatic heterocycles. The average Bonchev–Trinajstić information content (AvgIpc) is 3.29. The van der Waals surface area contributed by atoms with E-state index in [4.69, 9.17) is 9.47 Å². The van der Waals surface area contributed by atoms with Crippen LogP contribution in [-0.2, 0) is 20.8 Å². The van der Waals surface area contributed by atoms with Gasteiger partial charge in [-0.05, 0) is 43.2 Å². The van der Waals surface area contributed by atoms with Crippen LogP contribution in [0.15, 0.2) is 54.3 Å². The Morgan fingerprint density at radius 1 is 1.12 bits per heavy atom. The summed E-state index contributed by atoms with van der Waals surface area (Å²) in [5.74, 6) is -0.839. The van der Waals surface area contributed by atoms with Crippen molar-refractivity contribution in [2.75, 3.05) is 31.6 Å². The Labute approximate surface area is 192 Å². The minimum Gasteiger partial charge on any atom is -0.482 e. The number of carboxylic acids is 1. The molecule has 3 heterocycles. The van der Waals surface area contributed by atoms with Crippen LogP contribution in [0, 0.1) is 0 Å². The summed E-state index contributed by atoms with van der Waals surface area (Å²) in [5, 5.41) is 12.0. The van der Waals surface area contributed by atoms with Gasteiger partial charge in [-0.3, -0.25) is 9.69 Å². The molecular formula is C26H26N2O5. The van der Waals surface area contributed by atoms with Gasteiger partial charge in [0.2, 0.25) is 0 Å². The van der Waals surface area contributed by atoms with Crippen LogP contribution in [-0.4, -0.2) is 53.8 Å². The number of hydrogen-bond acceptors (Lipinski definition) is 5. The van der Waals surface area contributed by atoms with Gasteiger partial charge in [0.05, 0.1) is 30.0 Å². The van der Waals surface area contributed by atoms with Crippen LogP contribution in [0.2, 0.25) is 0 Å². The maximum absolute atomic E-state index is 12.7. The summed E-state index contributed by atoms with van der Waals surface area (Å²) in [7, 11) is 0. The third kappa shape index (κ3) is 4.05. The molecule has 0 atom stereocenters. The number of morpholine rings is 1. The molecule has 3 aliphatic rings. The quantitative estimate of drug-likeness (QED) is 0.695. The zero-order valence-corrected chi connectivity index (χ0v) is 18.7. The van der Waals surface area contributed by atoms with E-state index < -0.39 is 11.6 Å². The molecular weight excluding hydrogens is 420 g/mol. The SMILES string of the molecule is CC1(C)OC(=C2C(=O)Nc3cc(C(=O)O)ccc32)C=C1c1ccc(CN2CCOCC2)cc1. The van der Waals surface area contributed by atoms with E-state index in [1.807, 2.05) is 19.9 Å². The first-order valence-corrected chi connectivity index (χ1v) is 11.1. The van der Waals surface area contributed by atoms with Crippen LogP contribution in [0.1, 0.15) is 40.9 Å². The van der Waals surface area contributed by atoms with Crippen LogP contribution in [0.3, 0.4) is 0 Å². The summed E-state index contributed by atoms with van der Waals surface area (Å²) >= 11 is 0. The van der Waals surface area contributed by atoms with E-state index in [9.17, 15) is 14.7 Å². The van der Waals surface area contributed by atoms with E-state index in [-0.39, 0.29) is 11.5 Å². The molecule has 7 nitrogen and oxygen atoms in total. The summed E-state index contributed by atoms with van der Waals surface area (Å²) in [4.78, 5) is 26.4. The number of anilines is 1. The first-order chi connectivity index (χ1) is 15.8. The molecule has 0 spiro atoms. The van der Waals surface area contributed by atoms with Crippen molar-refractivity contribution < 1.29 is 24.2 Å². The maximum Gasteiger partial charge on any atom is 0.335 e. The van der Waals surface area contributed by atoms with Crippen molar-refractivity contribution in [2.45, 2.75) is 26.0 Å². The second kappa shape index (κ2) is 8.17. The molecule has 0 unspecified atom stereocenters.